The third-order valence-electron chi connectivity index (χ3n) is 5.43. The molecule has 34 heavy (non-hydrogen) atoms. The van der Waals surface area contributed by atoms with Gasteiger partial charge in [0.25, 0.3) is 0 Å². The number of hydrazone groups is 2. The summed E-state index contributed by atoms with van der Waals surface area (Å²) in [4.78, 5) is 0. The second kappa shape index (κ2) is 12.5. The Hall–Kier alpha value is -2.96. The predicted molar refractivity (Wildman–Crippen MR) is 153 cm³/mol. The Morgan fingerprint density at radius 1 is 0.588 bits per heavy atom. The lowest BCUT2D eigenvalue weighted by molar-refractivity contribution is 0.380. The van der Waals surface area contributed by atoms with Gasteiger partial charge in [-0.2, -0.15) is 10.2 Å². The molecule has 6 heteroatoms. The highest BCUT2D eigenvalue weighted by Crippen LogP contribution is 2.21. The van der Waals surface area contributed by atoms with E-state index in [2.05, 4.69) is 95.1 Å². The highest BCUT2D eigenvalue weighted by atomic mass is 33.1. The van der Waals surface area contributed by atoms with Crippen LogP contribution in [0.4, 0.5) is 0 Å². The van der Waals surface area contributed by atoms with E-state index < -0.39 is 0 Å². The van der Waals surface area contributed by atoms with E-state index in [1.165, 1.54) is 21.5 Å². The molecule has 0 saturated carbocycles. The quantitative estimate of drug-likeness (QED) is 0.103. The van der Waals surface area contributed by atoms with Gasteiger partial charge in [-0.15, -0.1) is 0 Å². The van der Waals surface area contributed by atoms with Crippen LogP contribution in [0.2, 0.25) is 0 Å². The third-order valence-corrected chi connectivity index (χ3v) is 7.80. The van der Waals surface area contributed by atoms with Crippen molar-refractivity contribution in [2.24, 2.45) is 10.2 Å². The minimum absolute atomic E-state index is 0.914. The zero-order chi connectivity index (χ0) is 23.6. The van der Waals surface area contributed by atoms with E-state index in [0.717, 1.165) is 35.7 Å². The molecule has 4 aromatic carbocycles. The van der Waals surface area contributed by atoms with E-state index in [9.17, 15) is 0 Å². The van der Waals surface area contributed by atoms with Crippen LogP contribution in [0.3, 0.4) is 0 Å². The van der Waals surface area contributed by atoms with Gasteiger partial charge in [-0.05, 0) is 44.8 Å². The molecule has 0 atom stereocenters. The van der Waals surface area contributed by atoms with Crippen LogP contribution in [0.5, 0.6) is 0 Å². The van der Waals surface area contributed by atoms with Crippen LogP contribution >= 0.6 is 21.6 Å². The van der Waals surface area contributed by atoms with Gasteiger partial charge in [-0.1, -0.05) is 94.4 Å². The molecule has 0 unspecified atom stereocenters. The van der Waals surface area contributed by atoms with Crippen molar-refractivity contribution in [1.82, 2.24) is 10.0 Å². The van der Waals surface area contributed by atoms with Gasteiger partial charge < -0.3 is 0 Å². The van der Waals surface area contributed by atoms with E-state index >= 15 is 0 Å². The maximum absolute atomic E-state index is 4.58. The van der Waals surface area contributed by atoms with Crippen molar-refractivity contribution < 1.29 is 0 Å². The summed E-state index contributed by atoms with van der Waals surface area (Å²) in [5, 5.41) is 18.2. The Bertz CT molecular complexity index is 1170. The second-order valence-electron chi connectivity index (χ2n) is 8.11. The first-order valence-corrected chi connectivity index (χ1v) is 13.9. The highest BCUT2D eigenvalue weighted by Gasteiger charge is 1.99. The second-order valence-corrected chi connectivity index (χ2v) is 10.8. The summed E-state index contributed by atoms with van der Waals surface area (Å²) in [7, 11) is 7.82. The van der Waals surface area contributed by atoms with Crippen LogP contribution in [0, 0.1) is 0 Å². The molecular weight excluding hydrogens is 456 g/mol. The summed E-state index contributed by atoms with van der Waals surface area (Å²) in [6, 6.07) is 29.7. The molecule has 0 aromatic heterocycles. The first kappa shape index (κ1) is 24.2. The van der Waals surface area contributed by atoms with Gasteiger partial charge in [0.05, 0.1) is 12.4 Å². The molecule has 4 nitrogen and oxygen atoms in total. The molecule has 0 heterocycles. The molecule has 0 bridgehead atoms. The summed E-state index contributed by atoms with van der Waals surface area (Å²) in [6.07, 6.45) is 3.87. The fraction of sp³-hybridized carbons (Fsp3) is 0.214. The van der Waals surface area contributed by atoms with Gasteiger partial charge in [0, 0.05) is 38.7 Å². The molecule has 0 fully saturated rings. The first-order chi connectivity index (χ1) is 16.7. The van der Waals surface area contributed by atoms with Crippen molar-refractivity contribution in [3.8, 4) is 0 Å². The minimum Gasteiger partial charge on any atom is -0.299 e. The topological polar surface area (TPSA) is 31.2 Å². The molecule has 0 aliphatic heterocycles. The normalized spacial score (nSPS) is 11.7. The van der Waals surface area contributed by atoms with Crippen molar-refractivity contribution in [3.63, 3.8) is 0 Å². The lowest BCUT2D eigenvalue weighted by Gasteiger charge is -2.13. The smallest absolute Gasteiger partial charge is 0.0543 e. The fourth-order valence-electron chi connectivity index (χ4n) is 3.48. The van der Waals surface area contributed by atoms with Crippen molar-refractivity contribution in [1.29, 1.82) is 0 Å². The molecule has 4 aromatic rings. The number of fused-ring (bicyclic) bond motifs is 2. The van der Waals surface area contributed by atoms with Crippen LogP contribution in [0.15, 0.2) is 95.1 Å². The highest BCUT2D eigenvalue weighted by molar-refractivity contribution is 8.76. The van der Waals surface area contributed by atoms with Crippen molar-refractivity contribution in [2.45, 2.75) is 0 Å². The van der Waals surface area contributed by atoms with Crippen LogP contribution in [0.1, 0.15) is 11.1 Å². The summed E-state index contributed by atoms with van der Waals surface area (Å²) >= 11 is 0. The molecule has 0 saturated heterocycles. The average molecular weight is 487 g/mol. The van der Waals surface area contributed by atoms with Crippen LogP contribution in [0.25, 0.3) is 21.5 Å². The van der Waals surface area contributed by atoms with Gasteiger partial charge in [0.2, 0.25) is 0 Å². The molecule has 0 spiro atoms. The summed E-state index contributed by atoms with van der Waals surface area (Å²) in [6.45, 7) is 1.83. The number of benzene rings is 4. The Labute approximate surface area is 210 Å². The number of rotatable bonds is 11. The van der Waals surface area contributed by atoms with Crippen LogP contribution < -0.4 is 0 Å². The lowest BCUT2D eigenvalue weighted by atomic mass is 10.1. The largest absolute Gasteiger partial charge is 0.299 e. The van der Waals surface area contributed by atoms with Gasteiger partial charge >= 0.3 is 0 Å². The zero-order valence-electron chi connectivity index (χ0n) is 19.7. The maximum atomic E-state index is 4.58. The van der Waals surface area contributed by atoms with E-state index in [1.807, 2.05) is 58.1 Å². The maximum Gasteiger partial charge on any atom is 0.0543 e. The van der Waals surface area contributed by atoms with Crippen LogP contribution in [-0.4, -0.2) is 61.1 Å². The van der Waals surface area contributed by atoms with Crippen molar-refractivity contribution in [2.75, 3.05) is 38.7 Å². The molecule has 4 rings (SSSR count). The molecule has 0 aliphatic carbocycles. The summed E-state index contributed by atoms with van der Waals surface area (Å²) in [5.74, 6) is 2.06. The monoisotopic (exact) mass is 486 g/mol. The third kappa shape index (κ3) is 7.27. The first-order valence-electron chi connectivity index (χ1n) is 11.4. The molecule has 0 amide bonds. The summed E-state index contributed by atoms with van der Waals surface area (Å²) in [5.41, 5.74) is 2.25. The van der Waals surface area contributed by atoms with Crippen molar-refractivity contribution >= 4 is 55.6 Å². The Kier molecular flexibility index (Phi) is 8.88. The van der Waals surface area contributed by atoms with Gasteiger partial charge in [0.15, 0.2) is 0 Å². The van der Waals surface area contributed by atoms with E-state index in [-0.39, 0.29) is 0 Å². The Morgan fingerprint density at radius 2 is 1.00 bits per heavy atom. The van der Waals surface area contributed by atoms with E-state index in [4.69, 9.17) is 0 Å². The molecule has 0 aliphatic rings. The number of nitrogens with zero attached hydrogens (tertiary/aromatic N) is 4. The Balaban J connectivity index is 1.11. The predicted octanol–water partition coefficient (Wildman–Crippen LogP) is 6.61. The molecule has 174 valence electrons. The molecule has 0 radical (unpaired) electrons. The van der Waals surface area contributed by atoms with Crippen molar-refractivity contribution in [3.05, 3.63) is 96.1 Å². The number of hydrogen-bond acceptors (Lipinski definition) is 6. The fourth-order valence-corrected chi connectivity index (χ4v) is 5.55. The molecular formula is C28H30N4S2. The van der Waals surface area contributed by atoms with Gasteiger partial charge in [-0.3, -0.25) is 10.0 Å². The minimum atomic E-state index is 0.914. The Morgan fingerprint density at radius 3 is 1.44 bits per heavy atom. The van der Waals surface area contributed by atoms with E-state index in [0.29, 0.717) is 0 Å². The standard InChI is InChI=1S/C28H30N4S2/c1-31(29-21-23-11-13-25-7-3-5-9-27(25)19-23)15-17-33-34-18-16-32(2)30-22-24-12-14-26-8-4-6-10-28(26)20-24/h3-14,19-22H,15-18H2,1-2H3. The average Bonchev–Trinajstić information content (AvgIpc) is 2.88. The van der Waals surface area contributed by atoms with Gasteiger partial charge in [0.1, 0.15) is 0 Å². The van der Waals surface area contributed by atoms with E-state index in [1.54, 1.807) is 0 Å². The number of hydrogen-bond donors (Lipinski definition) is 0. The van der Waals surface area contributed by atoms with Gasteiger partial charge in [-0.25, -0.2) is 0 Å². The van der Waals surface area contributed by atoms with Crippen LogP contribution in [-0.2, 0) is 0 Å². The summed E-state index contributed by atoms with van der Waals surface area (Å²) < 4.78 is 0. The molecule has 0 N–H and O–H groups in total. The SMILES string of the molecule is CN(CCSSCCN(C)N=Cc1ccc2ccccc2c1)N=Cc1ccc2ccccc2c1. The zero-order valence-corrected chi connectivity index (χ0v) is 21.3. The lowest BCUT2D eigenvalue weighted by Crippen LogP contribution is -2.15.